The quantitative estimate of drug-likeness (QED) is 0.497. The third-order valence-corrected chi connectivity index (χ3v) is 5.71. The van der Waals surface area contributed by atoms with Crippen molar-refractivity contribution in [3.05, 3.63) is 82.9 Å². The molecule has 3 aromatic carbocycles. The number of hydrogen-bond donors (Lipinski definition) is 0. The first kappa shape index (κ1) is 21.8. The first-order valence-electron chi connectivity index (χ1n) is 11.0. The van der Waals surface area contributed by atoms with Gasteiger partial charge in [0.05, 0.1) is 32.8 Å². The standard InChI is InChI=1S/C27H29NO4/c1-5-31-24-15-20-16-26(29)28(21-11-7-18(3)8-12-21)27(23(20)17-25(24)32-6-2)19-9-13-22(30-4)14-10-19/h7-15,17,27H,5-6,16H2,1-4H3/t27-/m1/s1. The van der Waals surface area contributed by atoms with Gasteiger partial charge in [-0.3, -0.25) is 4.79 Å². The molecule has 0 saturated carbocycles. The molecule has 32 heavy (non-hydrogen) atoms. The van der Waals surface area contributed by atoms with Crippen molar-refractivity contribution in [1.29, 1.82) is 0 Å². The van der Waals surface area contributed by atoms with E-state index in [-0.39, 0.29) is 11.9 Å². The van der Waals surface area contributed by atoms with Crippen LogP contribution in [0.5, 0.6) is 17.2 Å². The second-order valence-electron chi connectivity index (χ2n) is 7.82. The molecule has 1 amide bonds. The molecule has 1 atom stereocenters. The number of anilines is 1. The Labute approximate surface area is 189 Å². The third-order valence-electron chi connectivity index (χ3n) is 5.71. The maximum absolute atomic E-state index is 13.5. The Bertz CT molecular complexity index is 1090. The second-order valence-corrected chi connectivity index (χ2v) is 7.82. The van der Waals surface area contributed by atoms with Gasteiger partial charge in [0.15, 0.2) is 11.5 Å². The van der Waals surface area contributed by atoms with Crippen LogP contribution in [-0.4, -0.2) is 26.2 Å². The molecule has 0 bridgehead atoms. The molecule has 0 unspecified atom stereocenters. The number of rotatable bonds is 7. The highest BCUT2D eigenvalue weighted by Crippen LogP contribution is 2.43. The Morgan fingerprint density at radius 2 is 1.53 bits per heavy atom. The van der Waals surface area contributed by atoms with Gasteiger partial charge in [0.1, 0.15) is 5.75 Å². The molecule has 0 fully saturated rings. The summed E-state index contributed by atoms with van der Waals surface area (Å²) in [5.41, 5.74) is 5.04. The highest BCUT2D eigenvalue weighted by atomic mass is 16.5. The van der Waals surface area contributed by atoms with E-state index >= 15 is 0 Å². The average molecular weight is 432 g/mol. The number of nitrogens with zero attached hydrogens (tertiary/aromatic N) is 1. The smallest absolute Gasteiger partial charge is 0.232 e. The molecule has 0 aromatic heterocycles. The summed E-state index contributed by atoms with van der Waals surface area (Å²) in [6.45, 7) is 7.01. The van der Waals surface area contributed by atoms with Crippen molar-refractivity contribution in [2.45, 2.75) is 33.2 Å². The minimum atomic E-state index is -0.283. The van der Waals surface area contributed by atoms with E-state index in [2.05, 4.69) is 0 Å². The largest absolute Gasteiger partial charge is 0.497 e. The van der Waals surface area contributed by atoms with E-state index < -0.39 is 0 Å². The van der Waals surface area contributed by atoms with E-state index in [1.165, 1.54) is 0 Å². The minimum Gasteiger partial charge on any atom is -0.497 e. The number of methoxy groups -OCH3 is 1. The molecule has 5 heteroatoms. The van der Waals surface area contributed by atoms with Gasteiger partial charge in [-0.25, -0.2) is 0 Å². The molecule has 1 aliphatic rings. The fraction of sp³-hybridized carbons (Fsp3) is 0.296. The van der Waals surface area contributed by atoms with E-state index in [0.717, 1.165) is 33.7 Å². The lowest BCUT2D eigenvalue weighted by Crippen LogP contribution is -2.41. The number of benzene rings is 3. The summed E-state index contributed by atoms with van der Waals surface area (Å²) in [6.07, 6.45) is 0.308. The normalized spacial score (nSPS) is 15.3. The molecule has 3 aromatic rings. The van der Waals surface area contributed by atoms with Gasteiger partial charge in [0, 0.05) is 5.69 Å². The predicted octanol–water partition coefficient (Wildman–Crippen LogP) is 5.48. The zero-order chi connectivity index (χ0) is 22.7. The maximum Gasteiger partial charge on any atom is 0.232 e. The zero-order valence-corrected chi connectivity index (χ0v) is 19.1. The summed E-state index contributed by atoms with van der Waals surface area (Å²) in [4.78, 5) is 15.3. The van der Waals surface area contributed by atoms with Crippen LogP contribution in [0.1, 0.15) is 42.1 Å². The summed E-state index contributed by atoms with van der Waals surface area (Å²) < 4.78 is 17.1. The van der Waals surface area contributed by atoms with E-state index in [1.54, 1.807) is 7.11 Å². The minimum absolute atomic E-state index is 0.0498. The summed E-state index contributed by atoms with van der Waals surface area (Å²) in [5, 5.41) is 0. The van der Waals surface area contributed by atoms with Gasteiger partial charge in [-0.15, -0.1) is 0 Å². The van der Waals surface area contributed by atoms with Crippen LogP contribution in [0.15, 0.2) is 60.7 Å². The number of amides is 1. The van der Waals surface area contributed by atoms with Gasteiger partial charge in [-0.2, -0.15) is 0 Å². The van der Waals surface area contributed by atoms with Crippen LogP contribution in [0.3, 0.4) is 0 Å². The van der Waals surface area contributed by atoms with Gasteiger partial charge >= 0.3 is 0 Å². The van der Waals surface area contributed by atoms with Crippen LogP contribution >= 0.6 is 0 Å². The first-order chi connectivity index (χ1) is 15.5. The number of aryl methyl sites for hydroxylation is 1. The zero-order valence-electron chi connectivity index (χ0n) is 19.1. The molecule has 1 aliphatic heterocycles. The van der Waals surface area contributed by atoms with Crippen molar-refractivity contribution >= 4 is 11.6 Å². The van der Waals surface area contributed by atoms with Gasteiger partial charge < -0.3 is 19.1 Å². The lowest BCUT2D eigenvalue weighted by molar-refractivity contribution is -0.118. The van der Waals surface area contributed by atoms with Crippen molar-refractivity contribution in [1.82, 2.24) is 0 Å². The molecular weight excluding hydrogens is 402 g/mol. The molecule has 0 N–H and O–H groups in total. The van der Waals surface area contributed by atoms with Crippen LogP contribution < -0.4 is 19.1 Å². The summed E-state index contributed by atoms with van der Waals surface area (Å²) in [5.74, 6) is 2.21. The Balaban J connectivity index is 1.90. The topological polar surface area (TPSA) is 48.0 Å². The lowest BCUT2D eigenvalue weighted by atomic mass is 9.86. The number of ether oxygens (including phenoxy) is 3. The Kier molecular flexibility index (Phi) is 6.35. The first-order valence-corrected chi connectivity index (χ1v) is 11.0. The highest BCUT2D eigenvalue weighted by molar-refractivity contribution is 5.98. The molecular formula is C27H29NO4. The summed E-state index contributed by atoms with van der Waals surface area (Å²) >= 11 is 0. The van der Waals surface area contributed by atoms with Gasteiger partial charge in [0.25, 0.3) is 0 Å². The van der Waals surface area contributed by atoms with Gasteiger partial charge in [-0.05, 0) is 73.9 Å². The molecule has 5 nitrogen and oxygen atoms in total. The van der Waals surface area contributed by atoms with Crippen LogP contribution in [0.25, 0.3) is 0 Å². The van der Waals surface area contributed by atoms with Crippen molar-refractivity contribution in [2.75, 3.05) is 25.2 Å². The SMILES string of the molecule is CCOc1cc2c(cc1OCC)[C@@H](c1ccc(OC)cc1)N(c1ccc(C)cc1)C(=O)C2. The van der Waals surface area contributed by atoms with Crippen LogP contribution in [0, 0.1) is 6.92 Å². The van der Waals surface area contributed by atoms with E-state index in [0.29, 0.717) is 31.1 Å². The fourth-order valence-electron chi connectivity index (χ4n) is 4.21. The number of carbonyl (C=O) groups excluding carboxylic acids is 1. The fourth-order valence-corrected chi connectivity index (χ4v) is 4.21. The molecule has 0 saturated heterocycles. The van der Waals surface area contributed by atoms with Crippen molar-refractivity contribution in [2.24, 2.45) is 0 Å². The molecule has 1 heterocycles. The summed E-state index contributed by atoms with van der Waals surface area (Å²) in [6, 6.07) is 19.7. The lowest BCUT2D eigenvalue weighted by Gasteiger charge is -2.38. The van der Waals surface area contributed by atoms with E-state index in [1.807, 2.05) is 86.3 Å². The number of carbonyl (C=O) groups is 1. The van der Waals surface area contributed by atoms with Crippen molar-refractivity contribution in [3.63, 3.8) is 0 Å². The molecule has 166 valence electrons. The Hall–Kier alpha value is -3.47. The van der Waals surface area contributed by atoms with Crippen molar-refractivity contribution in [3.8, 4) is 17.2 Å². The predicted molar refractivity (Wildman–Crippen MR) is 126 cm³/mol. The number of fused-ring (bicyclic) bond motifs is 1. The van der Waals surface area contributed by atoms with Gasteiger partial charge in [-0.1, -0.05) is 29.8 Å². The maximum atomic E-state index is 13.5. The second kappa shape index (κ2) is 9.35. The average Bonchev–Trinajstić information content (AvgIpc) is 2.80. The van der Waals surface area contributed by atoms with E-state index in [4.69, 9.17) is 14.2 Å². The van der Waals surface area contributed by atoms with Crippen molar-refractivity contribution < 1.29 is 19.0 Å². The Morgan fingerprint density at radius 3 is 2.12 bits per heavy atom. The van der Waals surface area contributed by atoms with E-state index in [9.17, 15) is 4.79 Å². The summed E-state index contributed by atoms with van der Waals surface area (Å²) in [7, 11) is 1.65. The highest BCUT2D eigenvalue weighted by Gasteiger charge is 2.36. The molecule has 0 aliphatic carbocycles. The van der Waals surface area contributed by atoms with Crippen LogP contribution in [-0.2, 0) is 11.2 Å². The Morgan fingerprint density at radius 1 is 0.906 bits per heavy atom. The molecule has 0 radical (unpaired) electrons. The molecule has 0 spiro atoms. The third kappa shape index (κ3) is 4.15. The number of hydrogen-bond acceptors (Lipinski definition) is 4. The van der Waals surface area contributed by atoms with Crippen LogP contribution in [0.2, 0.25) is 0 Å². The monoisotopic (exact) mass is 431 g/mol. The van der Waals surface area contributed by atoms with Gasteiger partial charge in [0.2, 0.25) is 5.91 Å². The molecule has 4 rings (SSSR count). The van der Waals surface area contributed by atoms with Crippen LogP contribution in [0.4, 0.5) is 5.69 Å².